The standard InChI is InChI=1S/C13H13BrFNO3/c1-2-19-13(18)8-16-12(17)6-3-9-7-10(14)4-5-11(9)15/h3-7H,2,8H2,1H3,(H,16,17)/b6-3+. The Morgan fingerprint density at radius 3 is 2.89 bits per heavy atom. The highest BCUT2D eigenvalue weighted by Gasteiger charge is 2.04. The van der Waals surface area contributed by atoms with Crippen LogP contribution in [0.5, 0.6) is 0 Å². The van der Waals surface area contributed by atoms with Crippen LogP contribution >= 0.6 is 15.9 Å². The minimum Gasteiger partial charge on any atom is -0.465 e. The molecule has 0 aromatic heterocycles. The highest BCUT2D eigenvalue weighted by Crippen LogP contribution is 2.16. The number of carbonyl (C=O) groups excluding carboxylic acids is 2. The second-order valence-electron chi connectivity index (χ2n) is 3.52. The van der Waals surface area contributed by atoms with Crippen molar-refractivity contribution in [3.63, 3.8) is 0 Å². The summed E-state index contributed by atoms with van der Waals surface area (Å²) in [6.07, 6.45) is 2.49. The van der Waals surface area contributed by atoms with E-state index >= 15 is 0 Å². The van der Waals surface area contributed by atoms with Gasteiger partial charge >= 0.3 is 5.97 Å². The van der Waals surface area contributed by atoms with Crippen molar-refractivity contribution in [3.8, 4) is 0 Å². The first-order valence-electron chi connectivity index (χ1n) is 5.59. The van der Waals surface area contributed by atoms with Crippen molar-refractivity contribution in [2.45, 2.75) is 6.92 Å². The van der Waals surface area contributed by atoms with E-state index in [4.69, 9.17) is 0 Å². The number of esters is 1. The summed E-state index contributed by atoms with van der Waals surface area (Å²) in [6.45, 7) is 1.72. The SMILES string of the molecule is CCOC(=O)CNC(=O)/C=C/c1cc(Br)ccc1F. The van der Waals surface area contributed by atoms with E-state index in [1.54, 1.807) is 19.1 Å². The number of nitrogens with one attached hydrogen (secondary N) is 1. The molecule has 0 saturated heterocycles. The van der Waals surface area contributed by atoms with E-state index in [0.29, 0.717) is 4.47 Å². The predicted octanol–water partition coefficient (Wildman–Crippen LogP) is 2.28. The topological polar surface area (TPSA) is 55.4 Å². The van der Waals surface area contributed by atoms with Crippen LogP contribution in [0.2, 0.25) is 0 Å². The zero-order valence-corrected chi connectivity index (χ0v) is 11.9. The third-order valence-corrected chi connectivity index (χ3v) is 2.58. The zero-order chi connectivity index (χ0) is 14.3. The Morgan fingerprint density at radius 1 is 1.47 bits per heavy atom. The van der Waals surface area contributed by atoms with E-state index in [-0.39, 0.29) is 18.7 Å². The quantitative estimate of drug-likeness (QED) is 0.666. The molecule has 0 saturated carbocycles. The molecule has 0 unspecified atom stereocenters. The van der Waals surface area contributed by atoms with Crippen LogP contribution in [-0.4, -0.2) is 25.0 Å². The summed E-state index contributed by atoms with van der Waals surface area (Å²) in [4.78, 5) is 22.4. The summed E-state index contributed by atoms with van der Waals surface area (Å²) in [7, 11) is 0. The number of halogens is 2. The van der Waals surface area contributed by atoms with Gasteiger partial charge in [-0.3, -0.25) is 9.59 Å². The molecule has 1 N–H and O–H groups in total. The number of ether oxygens (including phenoxy) is 1. The molecule has 1 aromatic carbocycles. The van der Waals surface area contributed by atoms with Gasteiger partial charge in [-0.2, -0.15) is 0 Å². The number of amides is 1. The zero-order valence-electron chi connectivity index (χ0n) is 10.3. The molecule has 0 atom stereocenters. The summed E-state index contributed by atoms with van der Waals surface area (Å²) in [5.74, 6) is -1.44. The first kappa shape index (κ1) is 15.4. The molecule has 1 rings (SSSR count). The normalized spacial score (nSPS) is 10.5. The lowest BCUT2D eigenvalue weighted by atomic mass is 10.2. The van der Waals surface area contributed by atoms with Gasteiger partial charge in [-0.05, 0) is 31.2 Å². The van der Waals surface area contributed by atoms with Gasteiger partial charge in [0.15, 0.2) is 0 Å². The van der Waals surface area contributed by atoms with Gasteiger partial charge in [0.1, 0.15) is 12.4 Å². The molecule has 4 nitrogen and oxygen atoms in total. The van der Waals surface area contributed by atoms with E-state index in [2.05, 4.69) is 26.0 Å². The molecule has 0 aliphatic carbocycles. The first-order chi connectivity index (χ1) is 9.02. The second-order valence-corrected chi connectivity index (χ2v) is 4.44. The molecule has 0 radical (unpaired) electrons. The number of rotatable bonds is 5. The molecule has 6 heteroatoms. The number of hydrogen-bond acceptors (Lipinski definition) is 3. The van der Waals surface area contributed by atoms with Crippen LogP contribution in [0.15, 0.2) is 28.7 Å². The average Bonchev–Trinajstić information content (AvgIpc) is 2.38. The molecular formula is C13H13BrFNO3. The minimum atomic E-state index is -0.516. The summed E-state index contributed by atoms with van der Waals surface area (Å²) < 4.78 is 18.7. The Balaban J connectivity index is 2.54. The van der Waals surface area contributed by atoms with Crippen molar-refractivity contribution in [3.05, 3.63) is 40.1 Å². The van der Waals surface area contributed by atoms with Crippen molar-refractivity contribution >= 4 is 33.9 Å². The lowest BCUT2D eigenvalue weighted by Crippen LogP contribution is -2.29. The number of hydrogen-bond donors (Lipinski definition) is 1. The van der Waals surface area contributed by atoms with Crippen LogP contribution < -0.4 is 5.32 Å². The maximum atomic E-state index is 13.4. The summed E-state index contributed by atoms with van der Waals surface area (Å²) in [6, 6.07) is 4.40. The van der Waals surface area contributed by atoms with Crippen LogP contribution in [-0.2, 0) is 14.3 Å². The van der Waals surface area contributed by atoms with Crippen LogP contribution in [0.4, 0.5) is 4.39 Å². The average molecular weight is 330 g/mol. The van der Waals surface area contributed by atoms with Gasteiger partial charge in [0.2, 0.25) is 5.91 Å². The maximum Gasteiger partial charge on any atom is 0.325 e. The Hall–Kier alpha value is -1.69. The molecule has 0 heterocycles. The fourth-order valence-corrected chi connectivity index (χ4v) is 1.62. The maximum absolute atomic E-state index is 13.4. The highest BCUT2D eigenvalue weighted by atomic mass is 79.9. The third kappa shape index (κ3) is 5.65. The van der Waals surface area contributed by atoms with E-state index in [9.17, 15) is 14.0 Å². The van der Waals surface area contributed by atoms with Gasteiger partial charge in [0, 0.05) is 16.1 Å². The van der Waals surface area contributed by atoms with Gasteiger partial charge < -0.3 is 10.1 Å². The fourth-order valence-electron chi connectivity index (χ4n) is 1.24. The van der Waals surface area contributed by atoms with E-state index in [0.717, 1.165) is 6.08 Å². The molecule has 1 aromatic rings. The molecule has 1 amide bonds. The lowest BCUT2D eigenvalue weighted by molar-refractivity contribution is -0.143. The smallest absolute Gasteiger partial charge is 0.325 e. The van der Waals surface area contributed by atoms with Crippen molar-refractivity contribution in [2.75, 3.05) is 13.2 Å². The largest absolute Gasteiger partial charge is 0.465 e. The van der Waals surface area contributed by atoms with Crippen LogP contribution in [0.25, 0.3) is 6.08 Å². The monoisotopic (exact) mass is 329 g/mol. The fraction of sp³-hybridized carbons (Fsp3) is 0.231. The van der Waals surface area contributed by atoms with Crippen molar-refractivity contribution in [1.29, 1.82) is 0 Å². The molecule has 102 valence electrons. The van der Waals surface area contributed by atoms with Crippen LogP contribution in [0.3, 0.4) is 0 Å². The summed E-state index contributed by atoms with van der Waals surface area (Å²) in [5.41, 5.74) is 0.278. The van der Waals surface area contributed by atoms with Gasteiger partial charge in [-0.15, -0.1) is 0 Å². The van der Waals surface area contributed by atoms with Crippen molar-refractivity contribution in [2.24, 2.45) is 0 Å². The number of benzene rings is 1. The molecule has 0 fully saturated rings. The molecule has 19 heavy (non-hydrogen) atoms. The van der Waals surface area contributed by atoms with Gasteiger partial charge in [-0.1, -0.05) is 15.9 Å². The molecule has 0 aliphatic heterocycles. The van der Waals surface area contributed by atoms with E-state index in [1.165, 1.54) is 12.1 Å². The third-order valence-electron chi connectivity index (χ3n) is 2.08. The second kappa shape index (κ2) is 7.68. The molecule has 0 aliphatic rings. The van der Waals surface area contributed by atoms with Crippen molar-refractivity contribution < 1.29 is 18.7 Å². The Labute approximate surface area is 118 Å². The lowest BCUT2D eigenvalue weighted by Gasteiger charge is -2.02. The Kier molecular flexibility index (Phi) is 6.21. The van der Waals surface area contributed by atoms with Gasteiger partial charge in [-0.25, -0.2) is 4.39 Å². The summed E-state index contributed by atoms with van der Waals surface area (Å²) >= 11 is 3.21. The van der Waals surface area contributed by atoms with Crippen LogP contribution in [0, 0.1) is 5.82 Å². The van der Waals surface area contributed by atoms with Gasteiger partial charge in [0.25, 0.3) is 0 Å². The highest BCUT2D eigenvalue weighted by molar-refractivity contribution is 9.10. The minimum absolute atomic E-state index is 0.210. The Morgan fingerprint density at radius 2 is 2.21 bits per heavy atom. The van der Waals surface area contributed by atoms with Gasteiger partial charge in [0.05, 0.1) is 6.61 Å². The van der Waals surface area contributed by atoms with Crippen molar-refractivity contribution in [1.82, 2.24) is 5.32 Å². The van der Waals surface area contributed by atoms with E-state index < -0.39 is 17.7 Å². The van der Waals surface area contributed by atoms with Crippen LogP contribution in [0.1, 0.15) is 12.5 Å². The Bertz CT molecular complexity index is 503. The van der Waals surface area contributed by atoms with E-state index in [1.807, 2.05) is 0 Å². The summed E-state index contributed by atoms with van der Waals surface area (Å²) in [5, 5.41) is 2.34. The first-order valence-corrected chi connectivity index (χ1v) is 6.38. The molecule has 0 bridgehead atoms. The molecule has 0 spiro atoms. The number of carbonyl (C=O) groups is 2. The predicted molar refractivity (Wildman–Crippen MR) is 72.8 cm³/mol. The molecular weight excluding hydrogens is 317 g/mol.